The fourth-order valence-electron chi connectivity index (χ4n) is 3.63. The van der Waals surface area contributed by atoms with Crippen LogP contribution in [0.2, 0.25) is 0 Å². The lowest BCUT2D eigenvalue weighted by Crippen LogP contribution is -2.37. The van der Waals surface area contributed by atoms with Crippen LogP contribution in [0.4, 0.5) is 8.78 Å². The third-order valence-corrected chi connectivity index (χ3v) is 6.65. The van der Waals surface area contributed by atoms with E-state index in [1.807, 2.05) is 0 Å². The van der Waals surface area contributed by atoms with Crippen molar-refractivity contribution in [2.75, 3.05) is 13.6 Å². The summed E-state index contributed by atoms with van der Waals surface area (Å²) in [5.41, 5.74) is 9.10. The highest BCUT2D eigenvalue weighted by molar-refractivity contribution is 7.15. The molecule has 2 fully saturated rings. The second kappa shape index (κ2) is 9.25. The molecule has 0 radical (unpaired) electrons. The van der Waals surface area contributed by atoms with Gasteiger partial charge in [0.15, 0.2) is 0 Å². The van der Waals surface area contributed by atoms with Gasteiger partial charge in [0, 0.05) is 54.8 Å². The van der Waals surface area contributed by atoms with Gasteiger partial charge in [-0.3, -0.25) is 14.4 Å². The number of likely N-dealkylation sites (N-methyl/N-ethyl adjacent to an activating group) is 1. The number of thiazole rings is 1. The van der Waals surface area contributed by atoms with Crippen molar-refractivity contribution in [3.05, 3.63) is 40.4 Å². The van der Waals surface area contributed by atoms with Crippen LogP contribution in [0.3, 0.4) is 0 Å². The van der Waals surface area contributed by atoms with Gasteiger partial charge in [-0.15, -0.1) is 11.3 Å². The predicted molar refractivity (Wildman–Crippen MR) is 117 cm³/mol. The highest BCUT2D eigenvalue weighted by atomic mass is 32.1. The molecule has 11 heteroatoms. The Morgan fingerprint density at radius 3 is 2.61 bits per heavy atom. The molecule has 1 atom stereocenters. The molecule has 4 rings (SSSR count). The van der Waals surface area contributed by atoms with E-state index in [1.54, 1.807) is 31.3 Å². The molecule has 2 aliphatic rings. The van der Waals surface area contributed by atoms with E-state index in [0.29, 0.717) is 27.6 Å². The van der Waals surface area contributed by atoms with Crippen LogP contribution in [0.5, 0.6) is 0 Å². The lowest BCUT2D eigenvalue weighted by Gasteiger charge is -2.34. The minimum absolute atomic E-state index is 0.0286. The lowest BCUT2D eigenvalue weighted by molar-refractivity contribution is -0.137. The number of hydrogen-bond acceptors (Lipinski definition) is 6. The molecular formula is C22H22F2N4O4S. The maximum Gasteiger partial charge on any atom is 0.268 e. The average molecular weight is 477 g/mol. The van der Waals surface area contributed by atoms with Gasteiger partial charge in [0.05, 0.1) is 0 Å². The van der Waals surface area contributed by atoms with Gasteiger partial charge >= 0.3 is 0 Å². The Kier molecular flexibility index (Phi) is 6.81. The molecule has 1 aromatic carbocycles. The van der Waals surface area contributed by atoms with E-state index in [0.717, 1.165) is 0 Å². The molecule has 2 heterocycles. The van der Waals surface area contributed by atoms with Crippen LogP contribution in [0.15, 0.2) is 24.3 Å². The zero-order valence-corrected chi connectivity index (χ0v) is 18.5. The molecule has 0 bridgehead atoms. The van der Waals surface area contributed by atoms with E-state index in [9.17, 15) is 23.5 Å². The van der Waals surface area contributed by atoms with Gasteiger partial charge in [0.2, 0.25) is 17.9 Å². The number of benzene rings is 1. The van der Waals surface area contributed by atoms with E-state index >= 15 is 0 Å². The molecule has 3 amide bonds. The smallest absolute Gasteiger partial charge is 0.268 e. The standard InChI is InChI=1S/C21H19F2N3O3S.CH3NO/c1-26-8-7-20(29,19(26)28)6-5-12-3-2-4-13(9-12)18-25-15(17(24)27)16(30-18)14-10-21(22,23)11-14;2-1-3/h2-4,9,14,29H,7-8,10-11H2,1H3,(H2,24,27);1H,(H2,2,3)/t20-;/m0./s1. The largest absolute Gasteiger partial charge is 0.372 e. The Labute approximate surface area is 192 Å². The van der Waals surface area contributed by atoms with Crippen LogP contribution >= 0.6 is 11.3 Å². The van der Waals surface area contributed by atoms with Crippen molar-refractivity contribution in [3.63, 3.8) is 0 Å². The molecule has 2 aromatic rings. The summed E-state index contributed by atoms with van der Waals surface area (Å²) in [5, 5.41) is 10.9. The van der Waals surface area contributed by atoms with Crippen molar-refractivity contribution in [2.45, 2.75) is 36.7 Å². The number of likely N-dealkylation sites (tertiary alicyclic amines) is 1. The first-order valence-electron chi connectivity index (χ1n) is 9.95. The molecule has 33 heavy (non-hydrogen) atoms. The van der Waals surface area contributed by atoms with Gasteiger partial charge in [-0.25, -0.2) is 13.8 Å². The molecule has 5 N–H and O–H groups in total. The number of nitrogens with zero attached hydrogens (tertiary/aromatic N) is 2. The molecule has 0 unspecified atom stereocenters. The van der Waals surface area contributed by atoms with E-state index in [-0.39, 0.29) is 31.4 Å². The van der Waals surface area contributed by atoms with Crippen LogP contribution in [-0.2, 0) is 9.59 Å². The molecule has 1 aliphatic carbocycles. The number of carbonyl (C=O) groups excluding carboxylic acids is 3. The second-order valence-corrected chi connectivity index (χ2v) is 8.89. The summed E-state index contributed by atoms with van der Waals surface area (Å²) in [7, 11) is 1.61. The third-order valence-electron chi connectivity index (χ3n) is 5.38. The molecule has 1 aliphatic heterocycles. The van der Waals surface area contributed by atoms with Crippen LogP contribution in [0.25, 0.3) is 10.6 Å². The first kappa shape index (κ1) is 24.3. The fourth-order valence-corrected chi connectivity index (χ4v) is 4.80. The first-order valence-corrected chi connectivity index (χ1v) is 10.8. The molecule has 8 nitrogen and oxygen atoms in total. The second-order valence-electron chi connectivity index (χ2n) is 7.86. The van der Waals surface area contributed by atoms with Crippen molar-refractivity contribution in [2.24, 2.45) is 11.5 Å². The maximum absolute atomic E-state index is 13.3. The van der Waals surface area contributed by atoms with Gasteiger partial charge < -0.3 is 21.5 Å². The highest BCUT2D eigenvalue weighted by Gasteiger charge is 2.48. The van der Waals surface area contributed by atoms with Gasteiger partial charge in [-0.2, -0.15) is 0 Å². The molecular weight excluding hydrogens is 454 g/mol. The Bertz CT molecular complexity index is 1150. The minimum atomic E-state index is -2.72. The summed E-state index contributed by atoms with van der Waals surface area (Å²) in [5.74, 6) is 1.15. The van der Waals surface area contributed by atoms with E-state index in [1.165, 1.54) is 16.2 Å². The summed E-state index contributed by atoms with van der Waals surface area (Å²) in [6.45, 7) is 0.433. The Morgan fingerprint density at radius 1 is 1.39 bits per heavy atom. The molecule has 1 saturated heterocycles. The molecule has 1 aromatic heterocycles. The topological polar surface area (TPSA) is 140 Å². The van der Waals surface area contributed by atoms with Crippen LogP contribution in [0, 0.1) is 11.8 Å². The van der Waals surface area contributed by atoms with Crippen LogP contribution < -0.4 is 11.5 Å². The van der Waals surface area contributed by atoms with Crippen molar-refractivity contribution in [1.82, 2.24) is 9.88 Å². The first-order chi connectivity index (χ1) is 15.5. The quantitative estimate of drug-likeness (QED) is 0.455. The molecule has 174 valence electrons. The number of carbonyl (C=O) groups is 3. The predicted octanol–water partition coefficient (Wildman–Crippen LogP) is 1.47. The number of aromatic nitrogens is 1. The van der Waals surface area contributed by atoms with Crippen molar-refractivity contribution >= 4 is 29.6 Å². The van der Waals surface area contributed by atoms with E-state index in [4.69, 9.17) is 10.5 Å². The Hall–Kier alpha value is -3.36. The highest BCUT2D eigenvalue weighted by Crippen LogP contribution is 2.51. The zero-order chi connectivity index (χ0) is 24.4. The normalized spacial score (nSPS) is 21.3. The number of primary amides is 2. The summed E-state index contributed by atoms with van der Waals surface area (Å²) in [4.78, 5) is 38.6. The van der Waals surface area contributed by atoms with Gasteiger partial charge in [-0.1, -0.05) is 24.0 Å². The van der Waals surface area contributed by atoms with Gasteiger partial charge in [0.1, 0.15) is 10.7 Å². The molecule has 1 saturated carbocycles. The lowest BCUT2D eigenvalue weighted by atomic mass is 9.80. The number of rotatable bonds is 3. The van der Waals surface area contributed by atoms with Crippen LogP contribution in [0.1, 0.15) is 46.1 Å². The number of hydrogen-bond donors (Lipinski definition) is 3. The number of amides is 3. The zero-order valence-electron chi connectivity index (χ0n) is 17.7. The van der Waals surface area contributed by atoms with Crippen molar-refractivity contribution in [1.29, 1.82) is 0 Å². The fraction of sp³-hybridized carbons (Fsp3) is 0.364. The Morgan fingerprint density at radius 2 is 2.06 bits per heavy atom. The molecule has 0 spiro atoms. The number of halogens is 2. The van der Waals surface area contributed by atoms with E-state index in [2.05, 4.69) is 22.6 Å². The third kappa shape index (κ3) is 5.18. The van der Waals surface area contributed by atoms with Crippen molar-refractivity contribution < 1.29 is 28.3 Å². The Balaban J connectivity index is 0.000000968. The number of nitrogens with two attached hydrogens (primary N) is 2. The summed E-state index contributed by atoms with van der Waals surface area (Å²) >= 11 is 1.17. The monoisotopic (exact) mass is 476 g/mol. The van der Waals surface area contributed by atoms with Gasteiger partial charge in [-0.05, 0) is 12.1 Å². The summed E-state index contributed by atoms with van der Waals surface area (Å²) in [6.07, 6.45) is -0.151. The summed E-state index contributed by atoms with van der Waals surface area (Å²) in [6, 6.07) is 6.92. The van der Waals surface area contributed by atoms with Gasteiger partial charge in [0.25, 0.3) is 11.8 Å². The summed E-state index contributed by atoms with van der Waals surface area (Å²) < 4.78 is 26.6. The number of alkyl halides is 2. The van der Waals surface area contributed by atoms with Crippen molar-refractivity contribution in [3.8, 4) is 22.4 Å². The van der Waals surface area contributed by atoms with E-state index < -0.39 is 29.3 Å². The average Bonchev–Trinajstić information content (AvgIpc) is 3.30. The minimum Gasteiger partial charge on any atom is -0.372 e. The van der Waals surface area contributed by atoms with Crippen LogP contribution in [-0.4, -0.2) is 58.3 Å². The maximum atomic E-state index is 13.3. The number of aliphatic hydroxyl groups is 1. The SMILES string of the molecule is CN1CC[C@@](O)(C#Cc2cccc(-c3nc(C(N)=O)c(C4CC(F)(F)C4)s3)c2)C1=O.NC=O.